The summed E-state index contributed by atoms with van der Waals surface area (Å²) < 4.78 is 47.0. The van der Waals surface area contributed by atoms with Crippen LogP contribution in [0.5, 0.6) is 0 Å². The molecule has 9 nitrogen and oxygen atoms in total. The zero-order valence-electron chi connectivity index (χ0n) is 17.2. The summed E-state index contributed by atoms with van der Waals surface area (Å²) in [7, 11) is 0. The van der Waals surface area contributed by atoms with Gasteiger partial charge in [-0.15, -0.1) is 10.2 Å². The largest absolute Gasteiger partial charge is 0.435 e. The summed E-state index contributed by atoms with van der Waals surface area (Å²) in [6.45, 7) is 1.69. The fourth-order valence-corrected chi connectivity index (χ4v) is 2.95. The monoisotopic (exact) mass is 457 g/mol. The van der Waals surface area contributed by atoms with E-state index in [0.717, 1.165) is 10.7 Å². The maximum Gasteiger partial charge on any atom is 0.435 e. The quantitative estimate of drug-likeness (QED) is 0.456. The molecule has 0 unspecified atom stereocenters. The van der Waals surface area contributed by atoms with E-state index in [4.69, 9.17) is 10.2 Å². The number of alkyl halides is 3. The van der Waals surface area contributed by atoms with Crippen LogP contribution >= 0.6 is 0 Å². The lowest BCUT2D eigenvalue weighted by Crippen LogP contribution is -2.37. The number of benzene rings is 1. The van der Waals surface area contributed by atoms with Gasteiger partial charge in [0.2, 0.25) is 11.8 Å². The second-order valence-corrected chi connectivity index (χ2v) is 7.15. The third-order valence-corrected chi connectivity index (χ3v) is 4.59. The molecule has 12 heteroatoms. The van der Waals surface area contributed by atoms with Crippen LogP contribution in [-0.4, -0.2) is 36.9 Å². The Morgan fingerprint density at radius 1 is 1.18 bits per heavy atom. The van der Waals surface area contributed by atoms with Crippen molar-refractivity contribution in [1.82, 2.24) is 30.3 Å². The molecule has 0 saturated heterocycles. The lowest BCUT2D eigenvalue weighted by Gasteiger charge is -2.10. The number of rotatable bonds is 6. The lowest BCUT2D eigenvalue weighted by atomic mass is 10.2. The molecule has 0 aliphatic heterocycles. The van der Waals surface area contributed by atoms with Crippen LogP contribution in [0.3, 0.4) is 0 Å². The molecule has 0 aliphatic rings. The Kier molecular flexibility index (Phi) is 5.92. The van der Waals surface area contributed by atoms with Gasteiger partial charge >= 0.3 is 6.18 Å². The third kappa shape index (κ3) is 4.90. The average molecular weight is 457 g/mol. The van der Waals surface area contributed by atoms with Crippen molar-refractivity contribution >= 4 is 5.91 Å². The molecule has 1 amide bonds. The summed E-state index contributed by atoms with van der Waals surface area (Å²) >= 11 is 0. The number of nitrogens with zero attached hydrogens (tertiary/aromatic N) is 5. The van der Waals surface area contributed by atoms with Crippen molar-refractivity contribution in [1.29, 1.82) is 0 Å². The predicted molar refractivity (Wildman–Crippen MR) is 111 cm³/mol. The Morgan fingerprint density at radius 2 is 1.97 bits per heavy atom. The van der Waals surface area contributed by atoms with E-state index >= 15 is 0 Å². The zero-order chi connectivity index (χ0) is 23.6. The smallest absolute Gasteiger partial charge is 0.415 e. The molecule has 3 aromatic heterocycles. The minimum atomic E-state index is -4.69. The van der Waals surface area contributed by atoms with Crippen molar-refractivity contribution in [3.05, 3.63) is 66.1 Å². The van der Waals surface area contributed by atoms with E-state index in [2.05, 4.69) is 25.6 Å². The van der Waals surface area contributed by atoms with E-state index in [1.54, 1.807) is 49.5 Å². The molecule has 3 heterocycles. The van der Waals surface area contributed by atoms with Crippen molar-refractivity contribution < 1.29 is 22.4 Å². The molecule has 0 spiro atoms. The molecule has 1 aromatic carbocycles. The van der Waals surface area contributed by atoms with Crippen LogP contribution in [0.2, 0.25) is 0 Å². The second-order valence-electron chi connectivity index (χ2n) is 7.15. The minimum Gasteiger partial charge on any atom is -0.415 e. The molecular weight excluding hydrogens is 439 g/mol. The van der Waals surface area contributed by atoms with Gasteiger partial charge in [0.05, 0.1) is 17.3 Å². The summed E-state index contributed by atoms with van der Waals surface area (Å²) in [6.07, 6.45) is -1.63. The van der Waals surface area contributed by atoms with Gasteiger partial charge in [0.25, 0.3) is 5.89 Å². The van der Waals surface area contributed by atoms with Gasteiger partial charge in [0.15, 0.2) is 5.69 Å². The van der Waals surface area contributed by atoms with Gasteiger partial charge < -0.3 is 15.5 Å². The van der Waals surface area contributed by atoms with Gasteiger partial charge in [-0.3, -0.25) is 9.78 Å². The number of nitrogens with two attached hydrogens (primary N) is 1. The van der Waals surface area contributed by atoms with Crippen LogP contribution in [0.25, 0.3) is 28.7 Å². The fraction of sp³-hybridized carbons (Fsp3) is 0.190. The number of aromatic nitrogens is 5. The highest BCUT2D eigenvalue weighted by Crippen LogP contribution is 2.33. The molecule has 0 fully saturated rings. The fourth-order valence-electron chi connectivity index (χ4n) is 2.95. The van der Waals surface area contributed by atoms with Crippen LogP contribution in [0.1, 0.15) is 18.2 Å². The van der Waals surface area contributed by atoms with Gasteiger partial charge in [-0.2, -0.15) is 18.3 Å². The number of nitrogens with one attached hydrogen (secondary N) is 1. The predicted octanol–water partition coefficient (Wildman–Crippen LogP) is 2.97. The summed E-state index contributed by atoms with van der Waals surface area (Å²) in [6, 6.07) is 10.0. The average Bonchev–Trinajstić information content (AvgIpc) is 3.45. The van der Waals surface area contributed by atoms with E-state index < -0.39 is 17.9 Å². The molecule has 3 N–H and O–H groups in total. The highest BCUT2D eigenvalue weighted by atomic mass is 19.4. The van der Waals surface area contributed by atoms with Crippen LogP contribution in [0.15, 0.2) is 59.3 Å². The van der Waals surface area contributed by atoms with Crippen molar-refractivity contribution in [2.75, 3.05) is 0 Å². The second kappa shape index (κ2) is 8.82. The number of pyridine rings is 1. The number of halogens is 3. The maximum absolute atomic E-state index is 13.4. The van der Waals surface area contributed by atoms with Crippen LogP contribution in [0.4, 0.5) is 13.2 Å². The van der Waals surface area contributed by atoms with Crippen molar-refractivity contribution in [2.24, 2.45) is 5.73 Å². The van der Waals surface area contributed by atoms with Gasteiger partial charge in [-0.25, -0.2) is 4.68 Å². The first kappa shape index (κ1) is 22.1. The zero-order valence-corrected chi connectivity index (χ0v) is 17.2. The topological polar surface area (TPSA) is 125 Å². The molecule has 4 aromatic rings. The first-order valence-electron chi connectivity index (χ1n) is 9.76. The molecule has 33 heavy (non-hydrogen) atoms. The Bertz CT molecular complexity index is 1270. The van der Waals surface area contributed by atoms with Crippen LogP contribution in [0, 0.1) is 0 Å². The van der Waals surface area contributed by atoms with Gasteiger partial charge in [0.1, 0.15) is 5.69 Å². The highest BCUT2D eigenvalue weighted by Gasteiger charge is 2.36. The number of carbonyl (C=O) groups excluding carboxylic acids is 1. The van der Waals surface area contributed by atoms with Gasteiger partial charge in [-0.1, -0.05) is 12.1 Å². The Morgan fingerprint density at radius 3 is 2.67 bits per heavy atom. The molecule has 1 atom stereocenters. The normalized spacial score (nSPS) is 12.5. The van der Waals surface area contributed by atoms with E-state index in [0.29, 0.717) is 16.8 Å². The molecule has 170 valence electrons. The molecule has 0 bridgehead atoms. The van der Waals surface area contributed by atoms with Crippen molar-refractivity contribution in [3.63, 3.8) is 0 Å². The molecule has 0 radical (unpaired) electrons. The molecule has 4 rings (SSSR count). The molecular formula is C21H18F3N7O2. The first-order valence-corrected chi connectivity index (χ1v) is 9.76. The molecule has 0 aliphatic carbocycles. The minimum absolute atomic E-state index is 0.0401. The van der Waals surface area contributed by atoms with Crippen LogP contribution < -0.4 is 11.1 Å². The van der Waals surface area contributed by atoms with Gasteiger partial charge in [0, 0.05) is 25.0 Å². The van der Waals surface area contributed by atoms with Gasteiger partial charge in [-0.05, 0) is 36.8 Å². The first-order chi connectivity index (χ1) is 15.7. The van der Waals surface area contributed by atoms with E-state index in [1.165, 1.54) is 6.20 Å². The Balaban J connectivity index is 1.72. The van der Waals surface area contributed by atoms with Crippen molar-refractivity contribution in [3.8, 4) is 28.7 Å². The number of hydrogen-bond acceptors (Lipinski definition) is 7. The lowest BCUT2D eigenvalue weighted by molar-refractivity contribution is -0.141. The van der Waals surface area contributed by atoms with E-state index in [1.807, 2.05) is 0 Å². The highest BCUT2D eigenvalue weighted by molar-refractivity contribution is 5.80. The molecule has 0 saturated carbocycles. The van der Waals surface area contributed by atoms with Crippen molar-refractivity contribution in [2.45, 2.75) is 25.7 Å². The van der Waals surface area contributed by atoms with Crippen LogP contribution in [-0.2, 0) is 17.5 Å². The third-order valence-electron chi connectivity index (χ3n) is 4.59. The number of carbonyl (C=O) groups is 1. The maximum atomic E-state index is 13.4. The Hall–Kier alpha value is -4.06. The van der Waals surface area contributed by atoms with E-state index in [-0.39, 0.29) is 29.9 Å². The number of amides is 1. The Labute approximate surface area is 185 Å². The SMILES string of the molecule is C[C@H](N)C(=O)NCc1cccc(-n2nc(C(F)(F)F)cc2-c2nnc(-c3cccnc3)o2)c1. The summed E-state index contributed by atoms with van der Waals surface area (Å²) in [4.78, 5) is 15.7. The summed E-state index contributed by atoms with van der Waals surface area (Å²) in [5.74, 6) is -0.396. The standard InChI is InChI=1S/C21H18F3N7O2/c1-12(25)18(32)27-10-13-4-2-6-15(8-13)31-16(9-17(30-31)21(22,23)24)20-29-28-19(33-20)14-5-3-7-26-11-14/h2-9,11-12H,10,25H2,1H3,(H,27,32)/t12-/m0/s1. The summed E-state index contributed by atoms with van der Waals surface area (Å²) in [5.41, 5.74) is 5.85. The summed E-state index contributed by atoms with van der Waals surface area (Å²) in [5, 5.41) is 14.2. The van der Waals surface area contributed by atoms with E-state index in [9.17, 15) is 18.0 Å². The number of hydrogen-bond donors (Lipinski definition) is 2.